The van der Waals surface area contributed by atoms with Gasteiger partial charge in [-0.05, 0) is 12.1 Å². The SMILES string of the molecule is COC(=O)C(=[N+]=[N-])C(=O)c1ccccc1Cl. The maximum atomic E-state index is 11.7. The summed E-state index contributed by atoms with van der Waals surface area (Å²) in [4.78, 5) is 25.4. The zero-order valence-electron chi connectivity index (χ0n) is 8.31. The average molecular weight is 239 g/mol. The minimum absolute atomic E-state index is 0.0716. The van der Waals surface area contributed by atoms with Crippen molar-refractivity contribution in [3.8, 4) is 0 Å². The molecule has 0 radical (unpaired) electrons. The van der Waals surface area contributed by atoms with E-state index in [0.29, 0.717) is 0 Å². The Morgan fingerprint density at radius 3 is 2.50 bits per heavy atom. The fourth-order valence-electron chi connectivity index (χ4n) is 1.05. The number of Topliss-reactive ketones (excluding diaryl/α,β-unsaturated/α-hetero) is 1. The molecule has 0 aliphatic heterocycles. The summed E-state index contributed by atoms with van der Waals surface area (Å²) in [7, 11) is 1.08. The van der Waals surface area contributed by atoms with Gasteiger partial charge >= 0.3 is 11.7 Å². The molecule has 0 saturated heterocycles. The monoisotopic (exact) mass is 238 g/mol. The lowest BCUT2D eigenvalue weighted by Gasteiger charge is -1.98. The largest absolute Gasteiger partial charge is 0.460 e. The highest BCUT2D eigenvalue weighted by atomic mass is 35.5. The van der Waals surface area contributed by atoms with E-state index in [1.807, 2.05) is 0 Å². The Balaban J connectivity index is 3.17. The van der Waals surface area contributed by atoms with Crippen LogP contribution in [0.5, 0.6) is 0 Å². The fraction of sp³-hybridized carbons (Fsp3) is 0.100. The molecular weight excluding hydrogens is 232 g/mol. The first-order valence-electron chi connectivity index (χ1n) is 4.21. The summed E-state index contributed by atoms with van der Waals surface area (Å²) in [5.41, 5.74) is 7.93. The van der Waals surface area contributed by atoms with Gasteiger partial charge in [0.1, 0.15) is 0 Å². The number of rotatable bonds is 3. The van der Waals surface area contributed by atoms with Crippen molar-refractivity contribution in [1.82, 2.24) is 0 Å². The van der Waals surface area contributed by atoms with Crippen LogP contribution < -0.4 is 0 Å². The molecule has 1 rings (SSSR count). The number of ether oxygens (including phenoxy) is 1. The number of carbonyl (C=O) groups is 2. The van der Waals surface area contributed by atoms with E-state index in [1.165, 1.54) is 12.1 Å². The van der Waals surface area contributed by atoms with E-state index in [0.717, 1.165) is 7.11 Å². The summed E-state index contributed by atoms with van der Waals surface area (Å²) >= 11 is 5.76. The lowest BCUT2D eigenvalue weighted by molar-refractivity contribution is -0.137. The second kappa shape index (κ2) is 5.21. The van der Waals surface area contributed by atoms with Gasteiger partial charge in [-0.2, -0.15) is 4.79 Å². The van der Waals surface area contributed by atoms with Crippen molar-refractivity contribution in [2.45, 2.75) is 0 Å². The van der Waals surface area contributed by atoms with Crippen LogP contribution in [0.15, 0.2) is 24.3 Å². The van der Waals surface area contributed by atoms with E-state index in [2.05, 4.69) is 9.53 Å². The van der Waals surface area contributed by atoms with E-state index >= 15 is 0 Å². The van der Waals surface area contributed by atoms with E-state index in [1.54, 1.807) is 12.1 Å². The third-order valence-corrected chi connectivity index (χ3v) is 2.14. The maximum Gasteiger partial charge on any atom is 0.446 e. The number of halogens is 1. The molecule has 0 N–H and O–H groups in total. The summed E-state index contributed by atoms with van der Waals surface area (Å²) in [6.07, 6.45) is 0. The van der Waals surface area contributed by atoms with Crippen LogP contribution in [0.2, 0.25) is 5.02 Å². The van der Waals surface area contributed by atoms with E-state index in [9.17, 15) is 9.59 Å². The van der Waals surface area contributed by atoms with Crippen LogP contribution in [0, 0.1) is 0 Å². The Labute approximate surface area is 96.2 Å². The molecule has 0 bridgehead atoms. The zero-order chi connectivity index (χ0) is 12.1. The van der Waals surface area contributed by atoms with Gasteiger partial charge in [0.15, 0.2) is 0 Å². The Morgan fingerprint density at radius 1 is 1.38 bits per heavy atom. The van der Waals surface area contributed by atoms with Gasteiger partial charge in [-0.3, -0.25) is 4.79 Å². The number of benzene rings is 1. The van der Waals surface area contributed by atoms with Gasteiger partial charge in [0.05, 0.1) is 12.1 Å². The van der Waals surface area contributed by atoms with Crippen molar-refractivity contribution in [2.24, 2.45) is 0 Å². The second-order valence-corrected chi connectivity index (χ2v) is 3.16. The Morgan fingerprint density at radius 2 is 2.00 bits per heavy atom. The van der Waals surface area contributed by atoms with Crippen LogP contribution >= 0.6 is 11.6 Å². The van der Waals surface area contributed by atoms with Crippen LogP contribution in [-0.2, 0) is 9.53 Å². The predicted molar refractivity (Wildman–Crippen MR) is 56.4 cm³/mol. The number of ketones is 1. The first-order valence-corrected chi connectivity index (χ1v) is 4.59. The standard InChI is InChI=1S/C10H7ClN2O3/c1-16-10(15)8(13-12)9(14)6-4-2-3-5-7(6)11/h2-5H,1H3. The van der Waals surface area contributed by atoms with Crippen LogP contribution in [0.4, 0.5) is 0 Å². The zero-order valence-corrected chi connectivity index (χ0v) is 9.06. The quantitative estimate of drug-likeness (QED) is 0.199. The molecule has 82 valence electrons. The van der Waals surface area contributed by atoms with Crippen LogP contribution in [0.3, 0.4) is 0 Å². The highest BCUT2D eigenvalue weighted by molar-refractivity contribution is 6.66. The lowest BCUT2D eigenvalue weighted by Crippen LogP contribution is -2.26. The van der Waals surface area contributed by atoms with Crippen molar-refractivity contribution < 1.29 is 19.1 Å². The molecule has 0 atom stereocenters. The molecule has 0 fully saturated rings. The summed E-state index contributed by atoms with van der Waals surface area (Å²) in [5.74, 6) is -1.81. The van der Waals surface area contributed by atoms with Gasteiger partial charge in [0.25, 0.3) is 5.78 Å². The van der Waals surface area contributed by atoms with Gasteiger partial charge < -0.3 is 10.3 Å². The van der Waals surface area contributed by atoms with Gasteiger partial charge in [0.2, 0.25) is 0 Å². The topological polar surface area (TPSA) is 79.8 Å². The first-order chi connectivity index (χ1) is 7.61. The molecule has 0 aromatic heterocycles. The predicted octanol–water partition coefficient (Wildman–Crippen LogP) is 1.37. The number of hydrogen-bond acceptors (Lipinski definition) is 3. The van der Waals surface area contributed by atoms with Gasteiger partial charge in [-0.15, -0.1) is 0 Å². The van der Waals surface area contributed by atoms with Crippen LogP contribution in [0.1, 0.15) is 10.4 Å². The molecule has 0 saturated carbocycles. The van der Waals surface area contributed by atoms with Crippen LogP contribution in [0.25, 0.3) is 5.53 Å². The highest BCUT2D eigenvalue weighted by Crippen LogP contribution is 2.15. The average Bonchev–Trinajstić information content (AvgIpc) is 2.30. The van der Waals surface area contributed by atoms with E-state index in [4.69, 9.17) is 17.1 Å². The number of nitrogens with zero attached hydrogens (tertiary/aromatic N) is 2. The minimum atomic E-state index is -1.02. The molecule has 0 aliphatic rings. The minimum Gasteiger partial charge on any atom is -0.460 e. The van der Waals surface area contributed by atoms with Crippen molar-refractivity contribution in [2.75, 3.05) is 7.11 Å². The summed E-state index contributed by atoms with van der Waals surface area (Å²) in [5, 5.41) is 0.164. The lowest BCUT2D eigenvalue weighted by atomic mass is 10.1. The molecule has 0 heterocycles. The highest BCUT2D eigenvalue weighted by Gasteiger charge is 2.32. The summed E-state index contributed by atoms with van der Waals surface area (Å²) in [6.45, 7) is 0. The smallest absolute Gasteiger partial charge is 0.446 e. The molecule has 0 aliphatic carbocycles. The molecule has 0 spiro atoms. The van der Waals surface area contributed by atoms with Crippen molar-refractivity contribution >= 4 is 29.1 Å². The molecule has 5 nitrogen and oxygen atoms in total. The van der Waals surface area contributed by atoms with Crippen molar-refractivity contribution in [1.29, 1.82) is 0 Å². The number of methoxy groups -OCH3 is 1. The molecular formula is C10H7ClN2O3. The molecule has 0 unspecified atom stereocenters. The molecule has 6 heteroatoms. The van der Waals surface area contributed by atoms with Gasteiger partial charge in [0, 0.05) is 5.56 Å². The Bertz CT molecular complexity index is 493. The third-order valence-electron chi connectivity index (χ3n) is 1.81. The maximum absolute atomic E-state index is 11.7. The molecule has 1 aromatic carbocycles. The summed E-state index contributed by atoms with van der Waals surface area (Å²) in [6, 6.07) is 6.11. The molecule has 16 heavy (non-hydrogen) atoms. The Hall–Kier alpha value is -1.97. The number of hydrogen-bond donors (Lipinski definition) is 0. The number of esters is 1. The van der Waals surface area contributed by atoms with Crippen molar-refractivity contribution in [3.05, 3.63) is 40.4 Å². The molecule has 1 aromatic rings. The summed E-state index contributed by atoms with van der Waals surface area (Å²) < 4.78 is 4.29. The number of carbonyl (C=O) groups excluding carboxylic acids is 2. The third kappa shape index (κ3) is 2.34. The van der Waals surface area contributed by atoms with E-state index in [-0.39, 0.29) is 10.6 Å². The van der Waals surface area contributed by atoms with Crippen molar-refractivity contribution in [3.63, 3.8) is 0 Å². The first kappa shape index (κ1) is 12.1. The molecule has 0 amide bonds. The normalized spacial score (nSPS) is 9.12. The fourth-order valence-corrected chi connectivity index (χ4v) is 1.27. The van der Waals surface area contributed by atoms with Gasteiger partial charge in [-0.1, -0.05) is 23.7 Å². The van der Waals surface area contributed by atoms with Crippen LogP contribution in [-0.4, -0.2) is 29.4 Å². The Kier molecular flexibility index (Phi) is 3.94. The van der Waals surface area contributed by atoms with E-state index < -0.39 is 17.5 Å². The second-order valence-electron chi connectivity index (χ2n) is 2.75. The van der Waals surface area contributed by atoms with Gasteiger partial charge in [-0.25, -0.2) is 4.79 Å².